The predicted octanol–water partition coefficient (Wildman–Crippen LogP) is 4.84. The van der Waals surface area contributed by atoms with Crippen molar-refractivity contribution in [2.24, 2.45) is 5.92 Å². The van der Waals surface area contributed by atoms with Gasteiger partial charge in [0.2, 0.25) is 5.91 Å². The third-order valence-corrected chi connectivity index (χ3v) is 10.3. The lowest BCUT2D eigenvalue weighted by atomic mass is 9.90. The number of methoxy groups -OCH3 is 1. The number of thiophene rings is 1. The Morgan fingerprint density at radius 3 is 2.15 bits per heavy atom. The Bertz CT molecular complexity index is 1960. The molecule has 242 valence electrons. The molecule has 14 heteroatoms. The van der Waals surface area contributed by atoms with E-state index in [4.69, 9.17) is 18.5 Å². The van der Waals surface area contributed by atoms with Gasteiger partial charge in [0.1, 0.15) is 26.4 Å². The van der Waals surface area contributed by atoms with Crippen LogP contribution in [0.2, 0.25) is 0 Å². The summed E-state index contributed by atoms with van der Waals surface area (Å²) in [6.45, 7) is 3.23. The van der Waals surface area contributed by atoms with Crippen molar-refractivity contribution in [3.63, 3.8) is 0 Å². The van der Waals surface area contributed by atoms with Crippen LogP contribution >= 0.6 is 11.3 Å². The van der Waals surface area contributed by atoms with Crippen molar-refractivity contribution in [3.05, 3.63) is 106 Å². The van der Waals surface area contributed by atoms with Crippen molar-refractivity contribution in [2.45, 2.75) is 30.9 Å². The molecule has 47 heavy (non-hydrogen) atoms. The van der Waals surface area contributed by atoms with Crippen molar-refractivity contribution < 1.29 is 46.1 Å². The molecule has 0 bridgehead atoms. The lowest BCUT2D eigenvalue weighted by molar-refractivity contribution is -0.126. The van der Waals surface area contributed by atoms with Gasteiger partial charge in [-0.05, 0) is 61.4 Å². The summed E-state index contributed by atoms with van der Waals surface area (Å²) >= 11 is 0.787. The summed E-state index contributed by atoms with van der Waals surface area (Å²) in [5.41, 5.74) is 1.21. The summed E-state index contributed by atoms with van der Waals surface area (Å²) in [6.07, 6.45) is -1.28. The molecule has 3 aromatic carbocycles. The number of carbonyl (C=O) groups excluding carboxylic acids is 4. The molecule has 2 fully saturated rings. The Balaban J connectivity index is 1.38. The zero-order valence-corrected chi connectivity index (χ0v) is 26.9. The van der Waals surface area contributed by atoms with E-state index in [0.29, 0.717) is 11.3 Å². The third-order valence-electron chi connectivity index (χ3n) is 7.77. The Kier molecular flexibility index (Phi) is 8.57. The smallest absolute Gasteiger partial charge is 0.348 e. The normalized spacial score (nSPS) is 19.1. The second-order valence-electron chi connectivity index (χ2n) is 10.5. The number of nitrogens with zero attached hydrogens (tertiary/aromatic N) is 2. The Morgan fingerprint density at radius 1 is 0.894 bits per heavy atom. The first-order valence-electron chi connectivity index (χ1n) is 14.4. The van der Waals surface area contributed by atoms with Crippen LogP contribution < -0.4 is 14.1 Å². The van der Waals surface area contributed by atoms with Crippen LogP contribution in [0.15, 0.2) is 89.8 Å². The van der Waals surface area contributed by atoms with Gasteiger partial charge in [-0.25, -0.2) is 19.6 Å². The van der Waals surface area contributed by atoms with Crippen LogP contribution in [0.25, 0.3) is 0 Å². The van der Waals surface area contributed by atoms with Crippen LogP contribution in [0.4, 0.5) is 10.7 Å². The van der Waals surface area contributed by atoms with E-state index >= 15 is 0 Å². The molecule has 0 unspecified atom stereocenters. The fourth-order valence-electron chi connectivity index (χ4n) is 5.62. The van der Waals surface area contributed by atoms with E-state index in [1.807, 2.05) is 0 Å². The topological polar surface area (TPSA) is 146 Å². The molecule has 1 aromatic heterocycles. The van der Waals surface area contributed by atoms with Gasteiger partial charge in [0.25, 0.3) is 5.91 Å². The number of hydrogen-bond donors (Lipinski definition) is 0. The standard InChI is InChI=1S/C33H28N2O10S2/c1-4-43-33(39)28-19(2)24(32(38)42-3)31(46-28)34-29(36)25-26(35(44-27(25)30(34)37)21-11-7-5-8-12-21)20-15-17-22(18-16-20)45-47(40,41)23-13-9-6-10-14-23/h5-18,25-27H,4H2,1-3H3/t25-,26-,27+/m1/s1. The van der Waals surface area contributed by atoms with Crippen molar-refractivity contribution >= 4 is 55.9 Å². The van der Waals surface area contributed by atoms with E-state index in [1.165, 1.54) is 36.3 Å². The number of rotatable bonds is 9. The minimum atomic E-state index is -4.10. The van der Waals surface area contributed by atoms with Crippen LogP contribution in [0, 0.1) is 12.8 Å². The number of fused-ring (bicyclic) bond motifs is 1. The van der Waals surface area contributed by atoms with Crippen molar-refractivity contribution in [3.8, 4) is 5.75 Å². The van der Waals surface area contributed by atoms with Crippen LogP contribution in [0.3, 0.4) is 0 Å². The molecule has 0 aliphatic carbocycles. The van der Waals surface area contributed by atoms with E-state index < -0.39 is 51.9 Å². The maximum absolute atomic E-state index is 14.3. The fourth-order valence-corrected chi connectivity index (χ4v) is 7.78. The van der Waals surface area contributed by atoms with Gasteiger partial charge >= 0.3 is 22.1 Å². The molecule has 2 saturated heterocycles. The van der Waals surface area contributed by atoms with Crippen LogP contribution in [-0.4, -0.2) is 52.0 Å². The molecule has 2 aliphatic rings. The molecule has 0 saturated carbocycles. The summed E-state index contributed by atoms with van der Waals surface area (Å²) in [5.74, 6) is -3.95. The van der Waals surface area contributed by atoms with Crippen molar-refractivity contribution in [1.29, 1.82) is 0 Å². The molecule has 2 aliphatic heterocycles. The van der Waals surface area contributed by atoms with Gasteiger partial charge < -0.3 is 13.7 Å². The third kappa shape index (κ3) is 5.64. The summed E-state index contributed by atoms with van der Waals surface area (Å²) in [7, 11) is -2.94. The molecular formula is C33H28N2O10S2. The number of hydroxylamine groups is 1. The average molecular weight is 677 g/mol. The predicted molar refractivity (Wildman–Crippen MR) is 170 cm³/mol. The number of hydrogen-bond acceptors (Lipinski definition) is 12. The second kappa shape index (κ2) is 12.6. The lowest BCUT2D eigenvalue weighted by Crippen LogP contribution is -2.37. The molecule has 0 radical (unpaired) electrons. The van der Waals surface area contributed by atoms with E-state index in [2.05, 4.69) is 0 Å². The number of ether oxygens (including phenoxy) is 2. The molecule has 0 spiro atoms. The Labute approximate surface area is 274 Å². The second-order valence-corrected chi connectivity index (χ2v) is 13.1. The average Bonchev–Trinajstić information content (AvgIpc) is 3.71. The lowest BCUT2D eigenvalue weighted by Gasteiger charge is -2.28. The van der Waals surface area contributed by atoms with Gasteiger partial charge in [-0.1, -0.05) is 48.5 Å². The molecular weight excluding hydrogens is 649 g/mol. The van der Waals surface area contributed by atoms with E-state index in [0.717, 1.165) is 23.3 Å². The SMILES string of the molecule is CCOC(=O)c1sc(N2C(=O)[C@H]3[C@H](ON(c4ccccc4)[C@@H]3c3ccc(OS(=O)(=O)c4ccccc4)cc3)C2=O)c(C(=O)OC)c1C. The first-order valence-corrected chi connectivity index (χ1v) is 16.7. The molecule has 3 heterocycles. The van der Waals surface area contributed by atoms with Crippen molar-refractivity contribution in [1.82, 2.24) is 0 Å². The number of amides is 2. The number of carbonyl (C=O) groups is 4. The summed E-state index contributed by atoms with van der Waals surface area (Å²) < 4.78 is 41.0. The number of para-hydroxylation sites is 1. The molecule has 4 aromatic rings. The van der Waals surface area contributed by atoms with Gasteiger partial charge in [0, 0.05) is 0 Å². The highest BCUT2D eigenvalue weighted by Gasteiger charge is 2.61. The Hall–Kier alpha value is -5.05. The number of anilines is 2. The van der Waals surface area contributed by atoms with Crippen LogP contribution in [0.1, 0.15) is 44.1 Å². The number of benzene rings is 3. The van der Waals surface area contributed by atoms with Gasteiger partial charge in [-0.3, -0.25) is 14.4 Å². The zero-order valence-electron chi connectivity index (χ0n) is 25.3. The Morgan fingerprint density at radius 2 is 1.53 bits per heavy atom. The van der Waals surface area contributed by atoms with Gasteiger partial charge in [0.05, 0.1) is 31.0 Å². The number of imide groups is 1. The molecule has 0 N–H and O–H groups in total. The van der Waals surface area contributed by atoms with Crippen LogP contribution in [0.5, 0.6) is 5.75 Å². The summed E-state index contributed by atoms with van der Waals surface area (Å²) in [4.78, 5) is 61.0. The molecule has 12 nitrogen and oxygen atoms in total. The first-order chi connectivity index (χ1) is 22.6. The highest BCUT2D eigenvalue weighted by Crippen LogP contribution is 2.50. The molecule has 3 atom stereocenters. The van der Waals surface area contributed by atoms with E-state index in [-0.39, 0.29) is 38.3 Å². The van der Waals surface area contributed by atoms with E-state index in [1.54, 1.807) is 67.6 Å². The highest BCUT2D eigenvalue weighted by atomic mass is 32.2. The zero-order chi connectivity index (χ0) is 33.5. The van der Waals surface area contributed by atoms with Gasteiger partial charge in [0.15, 0.2) is 6.10 Å². The summed E-state index contributed by atoms with van der Waals surface area (Å²) in [5, 5.41) is 1.41. The molecule has 6 rings (SSSR count). The maximum atomic E-state index is 14.3. The molecule has 2 amide bonds. The largest absolute Gasteiger partial charge is 0.465 e. The first kappa shape index (κ1) is 31.9. The maximum Gasteiger partial charge on any atom is 0.348 e. The summed E-state index contributed by atoms with van der Waals surface area (Å²) in [6, 6.07) is 21.8. The highest BCUT2D eigenvalue weighted by molar-refractivity contribution is 7.87. The quantitative estimate of drug-likeness (QED) is 0.136. The van der Waals surface area contributed by atoms with E-state index in [9.17, 15) is 27.6 Å². The van der Waals surface area contributed by atoms with Gasteiger partial charge in [-0.15, -0.1) is 11.3 Å². The minimum absolute atomic E-state index is 0.0113. The van der Waals surface area contributed by atoms with Crippen molar-refractivity contribution in [2.75, 3.05) is 23.7 Å². The monoisotopic (exact) mass is 676 g/mol. The van der Waals surface area contributed by atoms with Gasteiger partial charge in [-0.2, -0.15) is 8.42 Å². The fraction of sp³-hybridized carbons (Fsp3) is 0.212. The number of esters is 2. The minimum Gasteiger partial charge on any atom is -0.465 e. The van der Waals surface area contributed by atoms with Crippen LogP contribution in [-0.2, 0) is 34.0 Å².